The highest BCUT2D eigenvalue weighted by Gasteiger charge is 2.25. The molecule has 1 saturated heterocycles. The van der Waals surface area contributed by atoms with Crippen molar-refractivity contribution < 1.29 is 24.2 Å². The van der Waals surface area contributed by atoms with Crippen LogP contribution in [-0.4, -0.2) is 63.7 Å². The van der Waals surface area contributed by atoms with Crippen LogP contribution in [0.1, 0.15) is 34.3 Å². The fraction of sp³-hybridized carbons (Fsp3) is 0.286. The first-order valence-electron chi connectivity index (χ1n) is 12.6. The highest BCUT2D eigenvalue weighted by atomic mass is 35.5. The van der Waals surface area contributed by atoms with E-state index in [0.29, 0.717) is 41.3 Å². The normalized spacial score (nSPS) is 17.2. The van der Waals surface area contributed by atoms with Crippen LogP contribution < -0.4 is 10.6 Å². The van der Waals surface area contributed by atoms with E-state index < -0.39 is 0 Å². The SMILES string of the molecule is O=C(COCc1ccccc1)Nc1ccc(C(=O)c2c[nH]c3ncnc(N[C@@H]4CC[C@@H](CO)OC4)c23)c(Cl)c1. The lowest BCUT2D eigenvalue weighted by molar-refractivity contribution is -0.121. The number of hydrogen-bond acceptors (Lipinski definition) is 8. The summed E-state index contributed by atoms with van der Waals surface area (Å²) in [5, 5.41) is 16.1. The number of fused-ring (bicyclic) bond motifs is 1. The molecular formula is C28H28ClN5O5. The molecule has 0 aliphatic carbocycles. The predicted molar refractivity (Wildman–Crippen MR) is 147 cm³/mol. The number of aromatic amines is 1. The molecule has 10 nitrogen and oxygen atoms in total. The number of amides is 1. The lowest BCUT2D eigenvalue weighted by atomic mass is 10.0. The maximum atomic E-state index is 13.5. The van der Waals surface area contributed by atoms with E-state index in [1.165, 1.54) is 12.4 Å². The number of aliphatic hydroxyl groups is 1. The summed E-state index contributed by atoms with van der Waals surface area (Å²) in [6.45, 7) is 0.614. The summed E-state index contributed by atoms with van der Waals surface area (Å²) in [7, 11) is 0. The molecule has 3 heterocycles. The molecule has 1 amide bonds. The Hall–Kier alpha value is -3.83. The van der Waals surface area contributed by atoms with Crippen LogP contribution in [0.2, 0.25) is 5.02 Å². The third kappa shape index (κ3) is 6.43. The van der Waals surface area contributed by atoms with E-state index in [9.17, 15) is 14.7 Å². The number of benzene rings is 2. The number of carbonyl (C=O) groups is 2. The molecule has 202 valence electrons. The number of ether oxygens (including phenoxy) is 2. The van der Waals surface area contributed by atoms with Crippen molar-refractivity contribution >= 4 is 45.8 Å². The van der Waals surface area contributed by atoms with Crippen molar-refractivity contribution in [3.05, 3.63) is 82.8 Å². The van der Waals surface area contributed by atoms with Gasteiger partial charge in [-0.15, -0.1) is 0 Å². The monoisotopic (exact) mass is 549 g/mol. The van der Waals surface area contributed by atoms with Crippen LogP contribution in [0.3, 0.4) is 0 Å². The average molecular weight is 550 g/mol. The van der Waals surface area contributed by atoms with E-state index in [0.717, 1.165) is 18.4 Å². The second-order valence-electron chi connectivity index (χ2n) is 9.26. The van der Waals surface area contributed by atoms with Crippen molar-refractivity contribution in [1.82, 2.24) is 15.0 Å². The van der Waals surface area contributed by atoms with Gasteiger partial charge in [-0.2, -0.15) is 0 Å². The maximum absolute atomic E-state index is 13.5. The van der Waals surface area contributed by atoms with Gasteiger partial charge in [0.05, 0.1) is 47.9 Å². The highest BCUT2D eigenvalue weighted by molar-refractivity contribution is 6.36. The van der Waals surface area contributed by atoms with Crippen molar-refractivity contribution in [2.75, 3.05) is 30.5 Å². The molecule has 4 aromatic rings. The van der Waals surface area contributed by atoms with Crippen molar-refractivity contribution in [3.63, 3.8) is 0 Å². The number of hydrogen-bond donors (Lipinski definition) is 4. The zero-order valence-corrected chi connectivity index (χ0v) is 21.8. The standard InChI is InChI=1S/C28H28ClN5O5/c29-23-10-18(33-24(36)15-38-13-17-4-2-1-3-5-17)7-9-21(23)26(37)22-11-30-27-25(22)28(32-16-31-27)34-19-6-8-20(12-35)39-14-19/h1-5,7,9-11,16,19-20,35H,6,8,12-15H2,(H,33,36)(H2,30,31,32,34)/t19-,20+/m1/s1. The minimum atomic E-state index is -0.331. The number of carbonyl (C=O) groups excluding carboxylic acids is 2. The van der Waals surface area contributed by atoms with Crippen molar-refractivity contribution in [2.24, 2.45) is 0 Å². The van der Waals surface area contributed by atoms with Crippen LogP contribution in [-0.2, 0) is 20.9 Å². The van der Waals surface area contributed by atoms with Gasteiger partial charge in [0.15, 0.2) is 5.78 Å². The summed E-state index contributed by atoms with van der Waals surface area (Å²) < 4.78 is 11.1. The Kier molecular flexibility index (Phi) is 8.48. The van der Waals surface area contributed by atoms with Gasteiger partial charge in [0.1, 0.15) is 24.4 Å². The van der Waals surface area contributed by atoms with Crippen LogP contribution in [0.5, 0.6) is 0 Å². The molecule has 0 saturated carbocycles. The molecule has 4 N–H and O–H groups in total. The number of nitrogens with one attached hydrogen (secondary N) is 3. The number of rotatable bonds is 10. The van der Waals surface area contributed by atoms with Gasteiger partial charge in [-0.3, -0.25) is 9.59 Å². The summed E-state index contributed by atoms with van der Waals surface area (Å²) in [4.78, 5) is 37.5. The van der Waals surface area contributed by atoms with E-state index in [-0.39, 0.29) is 47.6 Å². The van der Waals surface area contributed by atoms with E-state index in [4.69, 9.17) is 21.1 Å². The Balaban J connectivity index is 1.26. The number of H-pyrrole nitrogens is 1. The summed E-state index contributed by atoms with van der Waals surface area (Å²) in [6.07, 6.45) is 4.36. The molecule has 0 radical (unpaired) electrons. The quantitative estimate of drug-likeness (QED) is 0.218. The minimum Gasteiger partial charge on any atom is -0.394 e. The van der Waals surface area contributed by atoms with Crippen molar-refractivity contribution in [3.8, 4) is 0 Å². The molecule has 5 rings (SSSR count). The van der Waals surface area contributed by atoms with Gasteiger partial charge in [0, 0.05) is 17.4 Å². The van der Waals surface area contributed by atoms with Gasteiger partial charge in [-0.05, 0) is 36.6 Å². The van der Waals surface area contributed by atoms with Crippen molar-refractivity contribution in [2.45, 2.75) is 31.6 Å². The first-order chi connectivity index (χ1) is 19.0. The van der Waals surface area contributed by atoms with Gasteiger partial charge >= 0.3 is 0 Å². The summed E-state index contributed by atoms with van der Waals surface area (Å²) in [6, 6.07) is 14.3. The fourth-order valence-electron chi connectivity index (χ4n) is 4.46. The van der Waals surface area contributed by atoms with E-state index in [2.05, 4.69) is 25.6 Å². The average Bonchev–Trinajstić information content (AvgIpc) is 3.39. The summed E-state index contributed by atoms with van der Waals surface area (Å²) in [5.41, 5.74) is 2.58. The minimum absolute atomic E-state index is 0.00774. The maximum Gasteiger partial charge on any atom is 0.250 e. The predicted octanol–water partition coefficient (Wildman–Crippen LogP) is 3.95. The zero-order valence-electron chi connectivity index (χ0n) is 21.0. The zero-order chi connectivity index (χ0) is 27.2. The molecule has 0 bridgehead atoms. The molecule has 11 heteroatoms. The Morgan fingerprint density at radius 3 is 2.72 bits per heavy atom. The summed E-state index contributed by atoms with van der Waals surface area (Å²) in [5.74, 6) is -0.132. The van der Waals surface area contributed by atoms with Crippen LogP contribution in [0, 0.1) is 0 Å². The third-order valence-electron chi connectivity index (χ3n) is 6.47. The highest BCUT2D eigenvalue weighted by Crippen LogP contribution is 2.30. The molecule has 1 aliphatic heterocycles. The van der Waals surface area contributed by atoms with Crippen molar-refractivity contribution in [1.29, 1.82) is 0 Å². The first kappa shape index (κ1) is 26.8. The van der Waals surface area contributed by atoms with E-state index in [1.807, 2.05) is 30.3 Å². The molecule has 0 spiro atoms. The summed E-state index contributed by atoms with van der Waals surface area (Å²) >= 11 is 6.49. The molecule has 39 heavy (non-hydrogen) atoms. The largest absolute Gasteiger partial charge is 0.394 e. The Morgan fingerprint density at radius 1 is 1.13 bits per heavy atom. The number of aromatic nitrogens is 3. The fourth-order valence-corrected chi connectivity index (χ4v) is 4.73. The molecule has 1 aliphatic rings. The molecular weight excluding hydrogens is 522 g/mol. The molecule has 2 atom stereocenters. The molecule has 2 aromatic heterocycles. The van der Waals surface area contributed by atoms with Gasteiger partial charge in [0.25, 0.3) is 0 Å². The second-order valence-corrected chi connectivity index (χ2v) is 9.66. The Morgan fingerprint density at radius 2 is 1.97 bits per heavy atom. The van der Waals surface area contributed by atoms with Crippen LogP contribution >= 0.6 is 11.6 Å². The van der Waals surface area contributed by atoms with Gasteiger partial charge < -0.3 is 30.2 Å². The smallest absolute Gasteiger partial charge is 0.250 e. The third-order valence-corrected chi connectivity index (χ3v) is 6.78. The molecule has 1 fully saturated rings. The molecule has 0 unspecified atom stereocenters. The lowest BCUT2D eigenvalue weighted by Crippen LogP contribution is -2.36. The Bertz CT molecular complexity index is 1450. The number of anilines is 2. The van der Waals surface area contributed by atoms with Gasteiger partial charge in [0.2, 0.25) is 5.91 Å². The number of nitrogens with zero attached hydrogens (tertiary/aromatic N) is 2. The van der Waals surface area contributed by atoms with E-state index in [1.54, 1.807) is 18.3 Å². The second kappa shape index (κ2) is 12.4. The number of ketones is 1. The lowest BCUT2D eigenvalue weighted by Gasteiger charge is -2.29. The van der Waals surface area contributed by atoms with Gasteiger partial charge in [-0.1, -0.05) is 41.9 Å². The Labute approximate surface area is 229 Å². The van der Waals surface area contributed by atoms with Crippen LogP contribution in [0.25, 0.3) is 11.0 Å². The van der Waals surface area contributed by atoms with E-state index >= 15 is 0 Å². The topological polar surface area (TPSA) is 138 Å². The van der Waals surface area contributed by atoms with Crippen LogP contribution in [0.15, 0.2) is 61.1 Å². The van der Waals surface area contributed by atoms with Crippen LogP contribution in [0.4, 0.5) is 11.5 Å². The number of halogens is 1. The molecule has 2 aromatic carbocycles. The number of aliphatic hydroxyl groups excluding tert-OH is 1. The first-order valence-corrected chi connectivity index (χ1v) is 13.0. The van der Waals surface area contributed by atoms with Gasteiger partial charge in [-0.25, -0.2) is 9.97 Å².